The van der Waals surface area contributed by atoms with E-state index in [0.717, 1.165) is 44.3 Å². The Morgan fingerprint density at radius 1 is 0.844 bits per heavy atom. The average Bonchev–Trinajstić information content (AvgIpc) is 3.48. The molecule has 0 aliphatic rings. The lowest BCUT2D eigenvalue weighted by Gasteiger charge is -2.03. The van der Waals surface area contributed by atoms with E-state index in [1.165, 1.54) is 0 Å². The highest BCUT2D eigenvalue weighted by Crippen LogP contribution is 2.32. The van der Waals surface area contributed by atoms with E-state index in [1.807, 2.05) is 30.5 Å². The number of hydrogen-bond acceptors (Lipinski definition) is 7. The molecule has 6 heterocycles. The molecular formula is C23H16N8O. The normalized spacial score (nSPS) is 11.3. The molecule has 0 atom stereocenters. The number of methoxy groups -OCH3 is 1. The lowest BCUT2D eigenvalue weighted by molar-refractivity contribution is 0.413. The second-order valence-electron chi connectivity index (χ2n) is 7.21. The van der Waals surface area contributed by atoms with Gasteiger partial charge in [-0.15, -0.1) is 0 Å². The van der Waals surface area contributed by atoms with Gasteiger partial charge in [0.1, 0.15) is 11.4 Å². The minimum Gasteiger partial charge on any atom is -0.495 e. The summed E-state index contributed by atoms with van der Waals surface area (Å²) in [4.78, 5) is 25.4. The topological polar surface area (TPSA) is 118 Å². The summed E-state index contributed by atoms with van der Waals surface area (Å²) >= 11 is 0. The molecule has 0 bridgehead atoms. The number of aromatic nitrogens is 8. The summed E-state index contributed by atoms with van der Waals surface area (Å²) in [6.07, 6.45) is 12.3. The van der Waals surface area contributed by atoms with E-state index < -0.39 is 0 Å². The van der Waals surface area contributed by atoms with Gasteiger partial charge in [0.25, 0.3) is 0 Å². The van der Waals surface area contributed by atoms with Gasteiger partial charge >= 0.3 is 0 Å². The van der Waals surface area contributed by atoms with Crippen LogP contribution in [0.1, 0.15) is 0 Å². The Kier molecular flexibility index (Phi) is 4.10. The highest BCUT2D eigenvalue weighted by Gasteiger charge is 2.16. The standard InChI is InChI=1S/C23H16N8O/c1-32-15-6-14(8-25-9-15)18-7-16-19(12-27-18)30-31-22(16)23-28-20-11-26-10-17(21(20)29-23)13-2-4-24-5-3-13/h2-12H,1H3,(H,28,29)(H,30,31). The summed E-state index contributed by atoms with van der Waals surface area (Å²) in [5.41, 5.74) is 6.72. The third-order valence-electron chi connectivity index (χ3n) is 5.30. The number of H-pyrrole nitrogens is 2. The van der Waals surface area contributed by atoms with Crippen molar-refractivity contribution >= 4 is 21.9 Å². The second kappa shape index (κ2) is 7.24. The van der Waals surface area contributed by atoms with Gasteiger partial charge in [0.05, 0.1) is 47.9 Å². The zero-order chi connectivity index (χ0) is 21.5. The Morgan fingerprint density at radius 3 is 2.59 bits per heavy atom. The maximum absolute atomic E-state index is 5.29. The second-order valence-corrected chi connectivity index (χ2v) is 7.21. The number of hydrogen-bond donors (Lipinski definition) is 2. The monoisotopic (exact) mass is 420 g/mol. The van der Waals surface area contributed by atoms with Gasteiger partial charge in [-0.3, -0.25) is 25.0 Å². The van der Waals surface area contributed by atoms with Crippen molar-refractivity contribution in [3.05, 3.63) is 67.6 Å². The fourth-order valence-corrected chi connectivity index (χ4v) is 3.71. The molecule has 0 fully saturated rings. The van der Waals surface area contributed by atoms with E-state index in [0.29, 0.717) is 17.3 Å². The molecule has 0 saturated carbocycles. The number of pyridine rings is 4. The summed E-state index contributed by atoms with van der Waals surface area (Å²) in [6.45, 7) is 0. The SMILES string of the molecule is COc1cncc(-c2cc3c(-c4nc5c(-c6ccncc6)cncc5[nH]4)n[nH]c3cn2)c1. The van der Waals surface area contributed by atoms with Crippen LogP contribution in [0.15, 0.2) is 67.6 Å². The van der Waals surface area contributed by atoms with Crippen LogP contribution in [0.25, 0.3) is 55.8 Å². The highest BCUT2D eigenvalue weighted by molar-refractivity contribution is 5.97. The van der Waals surface area contributed by atoms with Crippen LogP contribution in [0.2, 0.25) is 0 Å². The number of nitrogens with zero attached hydrogens (tertiary/aromatic N) is 6. The molecule has 32 heavy (non-hydrogen) atoms. The summed E-state index contributed by atoms with van der Waals surface area (Å²) in [6, 6.07) is 7.75. The number of rotatable bonds is 4. The Bertz CT molecular complexity index is 1570. The van der Waals surface area contributed by atoms with Gasteiger partial charge in [0.15, 0.2) is 5.82 Å². The Labute approximate surface area is 181 Å². The first-order valence-electron chi connectivity index (χ1n) is 9.88. The largest absolute Gasteiger partial charge is 0.495 e. The van der Waals surface area contributed by atoms with Crippen LogP contribution < -0.4 is 4.74 Å². The van der Waals surface area contributed by atoms with Crippen LogP contribution in [-0.4, -0.2) is 47.2 Å². The lowest BCUT2D eigenvalue weighted by atomic mass is 10.1. The van der Waals surface area contributed by atoms with Crippen molar-refractivity contribution in [1.82, 2.24) is 40.1 Å². The smallest absolute Gasteiger partial charge is 0.159 e. The molecule has 0 aliphatic heterocycles. The van der Waals surface area contributed by atoms with Crippen LogP contribution in [0.5, 0.6) is 5.75 Å². The molecule has 0 amide bonds. The average molecular weight is 420 g/mol. The molecule has 0 saturated heterocycles. The van der Waals surface area contributed by atoms with Crippen molar-refractivity contribution in [2.75, 3.05) is 7.11 Å². The predicted molar refractivity (Wildman–Crippen MR) is 120 cm³/mol. The summed E-state index contributed by atoms with van der Waals surface area (Å²) in [5, 5.41) is 8.44. The molecule has 0 aliphatic carbocycles. The molecule has 0 unspecified atom stereocenters. The maximum Gasteiger partial charge on any atom is 0.159 e. The van der Waals surface area contributed by atoms with E-state index >= 15 is 0 Å². The van der Waals surface area contributed by atoms with Crippen LogP contribution >= 0.6 is 0 Å². The molecule has 6 aromatic rings. The Hall–Kier alpha value is -4.66. The number of ether oxygens (including phenoxy) is 1. The van der Waals surface area contributed by atoms with Gasteiger partial charge in [-0.1, -0.05) is 0 Å². The fraction of sp³-hybridized carbons (Fsp3) is 0.0435. The van der Waals surface area contributed by atoms with Gasteiger partial charge < -0.3 is 9.72 Å². The van der Waals surface area contributed by atoms with Gasteiger partial charge in [0, 0.05) is 41.3 Å². The van der Waals surface area contributed by atoms with Crippen molar-refractivity contribution in [1.29, 1.82) is 0 Å². The minimum absolute atomic E-state index is 0.649. The van der Waals surface area contributed by atoms with Gasteiger partial charge in [-0.25, -0.2) is 4.98 Å². The van der Waals surface area contributed by atoms with Crippen molar-refractivity contribution in [3.63, 3.8) is 0 Å². The highest BCUT2D eigenvalue weighted by atomic mass is 16.5. The Morgan fingerprint density at radius 2 is 1.72 bits per heavy atom. The van der Waals surface area contributed by atoms with Crippen molar-refractivity contribution in [2.45, 2.75) is 0 Å². The van der Waals surface area contributed by atoms with E-state index in [-0.39, 0.29) is 0 Å². The molecule has 2 N–H and O–H groups in total. The molecule has 6 aromatic heterocycles. The van der Waals surface area contributed by atoms with Crippen LogP contribution in [0.3, 0.4) is 0 Å². The van der Waals surface area contributed by atoms with Crippen molar-refractivity contribution < 1.29 is 4.74 Å². The van der Waals surface area contributed by atoms with E-state index in [2.05, 4.69) is 35.1 Å². The lowest BCUT2D eigenvalue weighted by Crippen LogP contribution is -1.89. The number of aromatic amines is 2. The fourth-order valence-electron chi connectivity index (χ4n) is 3.71. The third kappa shape index (κ3) is 2.95. The molecule has 9 nitrogen and oxygen atoms in total. The predicted octanol–water partition coefficient (Wildman–Crippen LogP) is 4.03. The van der Waals surface area contributed by atoms with Crippen LogP contribution in [0.4, 0.5) is 0 Å². The quantitative estimate of drug-likeness (QED) is 0.442. The van der Waals surface area contributed by atoms with Gasteiger partial charge in [0.2, 0.25) is 0 Å². The first-order valence-corrected chi connectivity index (χ1v) is 9.88. The molecule has 6 rings (SSSR count). The number of imidazole rings is 1. The van der Waals surface area contributed by atoms with Crippen molar-refractivity contribution in [3.8, 4) is 39.7 Å². The first-order chi connectivity index (χ1) is 15.8. The van der Waals surface area contributed by atoms with Gasteiger partial charge in [-0.05, 0) is 29.8 Å². The third-order valence-corrected chi connectivity index (χ3v) is 5.30. The van der Waals surface area contributed by atoms with Crippen molar-refractivity contribution in [2.24, 2.45) is 0 Å². The van der Waals surface area contributed by atoms with Crippen LogP contribution in [-0.2, 0) is 0 Å². The van der Waals surface area contributed by atoms with E-state index in [9.17, 15) is 0 Å². The molecule has 0 aromatic carbocycles. The van der Waals surface area contributed by atoms with E-state index in [4.69, 9.17) is 9.72 Å². The van der Waals surface area contributed by atoms with Crippen LogP contribution in [0, 0.1) is 0 Å². The zero-order valence-electron chi connectivity index (χ0n) is 16.9. The summed E-state index contributed by atoms with van der Waals surface area (Å²) in [7, 11) is 1.61. The number of nitrogens with one attached hydrogen (secondary N) is 2. The molecule has 0 radical (unpaired) electrons. The molecule has 0 spiro atoms. The Balaban J connectivity index is 1.50. The molecule has 154 valence electrons. The molecular weight excluding hydrogens is 404 g/mol. The molecule has 9 heteroatoms. The summed E-state index contributed by atoms with van der Waals surface area (Å²) in [5.74, 6) is 1.32. The zero-order valence-corrected chi connectivity index (χ0v) is 16.9. The van der Waals surface area contributed by atoms with E-state index in [1.54, 1.807) is 44.3 Å². The first kappa shape index (κ1) is 18.1. The summed E-state index contributed by atoms with van der Waals surface area (Å²) < 4.78 is 5.29. The maximum atomic E-state index is 5.29. The number of fused-ring (bicyclic) bond motifs is 2. The minimum atomic E-state index is 0.649. The van der Waals surface area contributed by atoms with Gasteiger partial charge in [-0.2, -0.15) is 5.10 Å².